The fourth-order valence-corrected chi connectivity index (χ4v) is 0.988. The summed E-state index contributed by atoms with van der Waals surface area (Å²) in [5.41, 5.74) is 0. The lowest BCUT2D eigenvalue weighted by Crippen LogP contribution is -2.14. The predicted molar refractivity (Wildman–Crippen MR) is 33.3 cm³/mol. The van der Waals surface area contributed by atoms with Crippen LogP contribution in [0.25, 0.3) is 0 Å². The maximum absolute atomic E-state index is 9.88. The summed E-state index contributed by atoms with van der Waals surface area (Å²) < 4.78 is 30.2. The van der Waals surface area contributed by atoms with Crippen molar-refractivity contribution >= 4 is 26.3 Å². The van der Waals surface area contributed by atoms with Crippen LogP contribution < -0.4 is 4.34 Å². The van der Waals surface area contributed by atoms with Gasteiger partial charge in [0.1, 0.15) is 0 Å². The molecular formula is C2H6BrNO3S. The van der Waals surface area contributed by atoms with Gasteiger partial charge in [0.2, 0.25) is 0 Å². The molecular weight excluding hydrogens is 198 g/mol. The number of hydrogen-bond acceptors (Lipinski definition) is 3. The van der Waals surface area contributed by atoms with E-state index in [2.05, 4.69) is 20.5 Å². The third-order valence-electron chi connectivity index (χ3n) is 0.455. The van der Waals surface area contributed by atoms with E-state index in [9.17, 15) is 8.42 Å². The van der Waals surface area contributed by atoms with Gasteiger partial charge >= 0.3 is 0 Å². The maximum Gasteiger partial charge on any atom is 0.266 e. The first-order valence-corrected chi connectivity index (χ1v) is 4.25. The molecule has 2 N–H and O–H groups in total. The molecule has 6 heteroatoms. The monoisotopic (exact) mass is 203 g/mol. The lowest BCUT2D eigenvalue weighted by molar-refractivity contribution is 0.483. The second kappa shape index (κ2) is 3.39. The molecule has 0 atom stereocenters. The molecule has 0 saturated heterocycles. The van der Waals surface area contributed by atoms with Crippen LogP contribution in [-0.4, -0.2) is 25.3 Å². The van der Waals surface area contributed by atoms with Crippen molar-refractivity contribution in [1.29, 1.82) is 0 Å². The molecule has 0 aromatic carbocycles. The van der Waals surface area contributed by atoms with Gasteiger partial charge in [0, 0.05) is 22.7 Å². The van der Waals surface area contributed by atoms with Crippen molar-refractivity contribution < 1.29 is 13.0 Å². The fourth-order valence-electron chi connectivity index (χ4n) is 0.168. The summed E-state index contributed by atoms with van der Waals surface area (Å²) in [7, 11) is -3.78. The first kappa shape index (κ1) is 8.35. The van der Waals surface area contributed by atoms with Gasteiger partial charge in [-0.25, -0.2) is 0 Å². The van der Waals surface area contributed by atoms with Gasteiger partial charge in [0.25, 0.3) is 10.1 Å². The molecule has 0 aliphatic carbocycles. The molecule has 0 aliphatic heterocycles. The highest BCUT2D eigenvalue weighted by molar-refractivity contribution is 9.08. The Kier molecular flexibility index (Phi) is 3.54. The van der Waals surface area contributed by atoms with Gasteiger partial charge in [-0.15, -0.1) is 0 Å². The zero-order valence-corrected chi connectivity index (χ0v) is 6.37. The maximum atomic E-state index is 9.88. The van der Waals surface area contributed by atoms with Crippen molar-refractivity contribution in [3.8, 4) is 0 Å². The minimum absolute atomic E-state index is 0.207. The average molecular weight is 204 g/mol. The lowest BCUT2D eigenvalue weighted by Gasteiger charge is -1.90. The quantitative estimate of drug-likeness (QED) is 0.492. The van der Waals surface area contributed by atoms with Crippen LogP contribution in [-0.2, 0) is 10.1 Å². The minimum atomic E-state index is -3.78. The Morgan fingerprint density at radius 3 is 2.25 bits per heavy atom. The van der Waals surface area contributed by atoms with Crippen LogP contribution in [0.3, 0.4) is 0 Å². The smallest absolute Gasteiger partial charge is 0.266 e. The SMILES string of the molecule is O=S(=O)(O)CCNBr. The summed E-state index contributed by atoms with van der Waals surface area (Å²) in [6, 6.07) is 0. The summed E-state index contributed by atoms with van der Waals surface area (Å²) in [6.07, 6.45) is 0. The molecule has 0 unspecified atom stereocenters. The highest BCUT2D eigenvalue weighted by Crippen LogP contribution is 1.79. The van der Waals surface area contributed by atoms with Gasteiger partial charge < -0.3 is 0 Å². The van der Waals surface area contributed by atoms with E-state index in [-0.39, 0.29) is 12.3 Å². The molecule has 0 fully saturated rings. The van der Waals surface area contributed by atoms with Crippen molar-refractivity contribution in [3.05, 3.63) is 0 Å². The Balaban J connectivity index is 3.42. The van der Waals surface area contributed by atoms with E-state index < -0.39 is 10.1 Å². The summed E-state index contributed by atoms with van der Waals surface area (Å²) in [6.45, 7) is 0.207. The van der Waals surface area contributed by atoms with Crippen LogP contribution >= 0.6 is 16.1 Å². The summed E-state index contributed by atoms with van der Waals surface area (Å²) in [4.78, 5) is 0. The summed E-state index contributed by atoms with van der Waals surface area (Å²) >= 11 is 2.78. The Bertz CT molecular complexity index is 141. The van der Waals surface area contributed by atoms with Crippen molar-refractivity contribution in [2.45, 2.75) is 0 Å². The highest BCUT2D eigenvalue weighted by Gasteiger charge is 2.00. The Labute approximate surface area is 56.4 Å². The topological polar surface area (TPSA) is 66.4 Å². The van der Waals surface area contributed by atoms with Crippen molar-refractivity contribution in [2.24, 2.45) is 0 Å². The predicted octanol–water partition coefficient (Wildman–Crippen LogP) is -0.226. The molecule has 0 heterocycles. The third-order valence-corrected chi connectivity index (χ3v) is 1.57. The fraction of sp³-hybridized carbons (Fsp3) is 1.00. The van der Waals surface area contributed by atoms with E-state index in [4.69, 9.17) is 4.55 Å². The van der Waals surface area contributed by atoms with Gasteiger partial charge in [0.15, 0.2) is 0 Å². The van der Waals surface area contributed by atoms with Crippen molar-refractivity contribution in [1.82, 2.24) is 4.34 Å². The molecule has 0 saturated carbocycles. The van der Waals surface area contributed by atoms with Crippen LogP contribution in [0.2, 0.25) is 0 Å². The Morgan fingerprint density at radius 1 is 1.62 bits per heavy atom. The van der Waals surface area contributed by atoms with Crippen LogP contribution in [0.5, 0.6) is 0 Å². The van der Waals surface area contributed by atoms with Crippen LogP contribution in [0.15, 0.2) is 0 Å². The van der Waals surface area contributed by atoms with Crippen LogP contribution in [0, 0.1) is 0 Å². The lowest BCUT2D eigenvalue weighted by atomic mass is 10.8. The molecule has 0 spiro atoms. The highest BCUT2D eigenvalue weighted by atomic mass is 79.9. The summed E-state index contributed by atoms with van der Waals surface area (Å²) in [5.74, 6) is -0.266. The molecule has 0 amide bonds. The van der Waals surface area contributed by atoms with Crippen LogP contribution in [0.4, 0.5) is 0 Å². The number of halogens is 1. The van der Waals surface area contributed by atoms with Crippen molar-refractivity contribution in [2.75, 3.05) is 12.3 Å². The van der Waals surface area contributed by atoms with Gasteiger partial charge in [-0.1, -0.05) is 0 Å². The van der Waals surface area contributed by atoms with E-state index in [0.29, 0.717) is 0 Å². The molecule has 0 aromatic heterocycles. The van der Waals surface area contributed by atoms with E-state index in [1.165, 1.54) is 0 Å². The number of rotatable bonds is 3. The molecule has 4 nitrogen and oxygen atoms in total. The zero-order chi connectivity index (χ0) is 6.62. The molecule has 0 radical (unpaired) electrons. The molecule has 8 heavy (non-hydrogen) atoms. The Morgan fingerprint density at radius 2 is 2.12 bits per heavy atom. The van der Waals surface area contributed by atoms with Gasteiger partial charge in [0.05, 0.1) is 5.75 Å². The molecule has 0 rings (SSSR count). The number of nitrogens with one attached hydrogen (secondary N) is 1. The van der Waals surface area contributed by atoms with Gasteiger partial charge in [-0.3, -0.25) is 8.90 Å². The van der Waals surface area contributed by atoms with Crippen LogP contribution in [0.1, 0.15) is 0 Å². The van der Waals surface area contributed by atoms with Crippen molar-refractivity contribution in [3.63, 3.8) is 0 Å². The zero-order valence-electron chi connectivity index (χ0n) is 3.96. The largest absolute Gasteiger partial charge is 0.286 e. The average Bonchev–Trinajstić information content (AvgIpc) is 1.59. The molecule has 0 bridgehead atoms. The summed E-state index contributed by atoms with van der Waals surface area (Å²) in [5, 5.41) is 0. The Hall–Kier alpha value is 0.350. The molecule has 0 aliphatic rings. The van der Waals surface area contributed by atoms with E-state index >= 15 is 0 Å². The van der Waals surface area contributed by atoms with E-state index in [1.807, 2.05) is 0 Å². The molecule has 50 valence electrons. The third kappa shape index (κ3) is 6.35. The first-order chi connectivity index (χ1) is 3.56. The normalized spacial score (nSPS) is 11.8. The minimum Gasteiger partial charge on any atom is -0.286 e. The number of hydrogen-bond donors (Lipinski definition) is 2. The van der Waals surface area contributed by atoms with E-state index in [0.717, 1.165) is 0 Å². The van der Waals surface area contributed by atoms with Gasteiger partial charge in [-0.2, -0.15) is 8.42 Å². The second-order valence-corrected chi connectivity index (χ2v) is 3.30. The first-order valence-electron chi connectivity index (χ1n) is 1.85. The van der Waals surface area contributed by atoms with E-state index in [1.54, 1.807) is 0 Å². The molecule has 0 aromatic rings. The standard InChI is InChI=1S/C2H6BrNO3S/c3-4-1-2-8(5,6)7/h4H,1-2H2,(H,5,6,7). The van der Waals surface area contributed by atoms with Gasteiger partial charge in [-0.05, 0) is 0 Å². The second-order valence-electron chi connectivity index (χ2n) is 1.17.